The van der Waals surface area contributed by atoms with Crippen LogP contribution in [-0.2, 0) is 6.42 Å². The first kappa shape index (κ1) is 14.6. The fourth-order valence-corrected chi connectivity index (χ4v) is 2.47. The molecule has 0 atom stereocenters. The van der Waals surface area contributed by atoms with Crippen molar-refractivity contribution in [3.8, 4) is 5.75 Å². The summed E-state index contributed by atoms with van der Waals surface area (Å²) in [5.74, 6) is 1.27. The molecule has 0 spiro atoms. The van der Waals surface area contributed by atoms with Gasteiger partial charge in [0.25, 0.3) is 0 Å². The Balaban J connectivity index is 2.31. The molecule has 0 radical (unpaired) electrons. The van der Waals surface area contributed by atoms with E-state index in [1.165, 1.54) is 6.07 Å². The van der Waals surface area contributed by atoms with Crippen molar-refractivity contribution in [2.45, 2.75) is 6.42 Å². The Morgan fingerprint density at radius 1 is 1.40 bits per heavy atom. The second-order valence-corrected chi connectivity index (χ2v) is 5.33. The van der Waals surface area contributed by atoms with Crippen LogP contribution in [0.2, 0.25) is 0 Å². The summed E-state index contributed by atoms with van der Waals surface area (Å²) in [4.78, 5) is 22.2. The second-order valence-electron chi connectivity index (χ2n) is 4.17. The standard InChI is InChI=1S/C13H9BINO4/c15-10-5-8(6-11(13(10)18)16(19)20)7-12(17)9-3-1-2-4-14-9/h1-6,18H,7H2. The van der Waals surface area contributed by atoms with E-state index in [9.17, 15) is 20.0 Å². The molecule has 0 aliphatic heterocycles. The summed E-state index contributed by atoms with van der Waals surface area (Å²) in [5.41, 5.74) is 0.679. The molecule has 1 N–H and O–H groups in total. The third kappa shape index (κ3) is 3.22. The maximum absolute atomic E-state index is 12.1. The number of phenolic OH excluding ortho intramolecular Hbond substituents is 1. The van der Waals surface area contributed by atoms with Crippen molar-refractivity contribution < 1.29 is 14.8 Å². The summed E-state index contributed by atoms with van der Waals surface area (Å²) in [6.45, 7) is 1.70. The van der Waals surface area contributed by atoms with Crippen LogP contribution in [0.1, 0.15) is 15.8 Å². The maximum atomic E-state index is 12.1. The average molecular weight is 381 g/mol. The van der Waals surface area contributed by atoms with Crippen LogP contribution in [0, 0.1) is 13.7 Å². The first-order chi connectivity index (χ1) is 9.49. The summed E-state index contributed by atoms with van der Waals surface area (Å²) < 4.78 is 0.354. The summed E-state index contributed by atoms with van der Waals surface area (Å²) in [6.07, 6.45) is 0.0567. The fourth-order valence-electron chi connectivity index (χ4n) is 1.79. The predicted octanol–water partition coefficient (Wildman–Crippen LogP) is 2.67. The van der Waals surface area contributed by atoms with Gasteiger partial charge in [-0.05, 0) is 0 Å². The van der Waals surface area contributed by atoms with Gasteiger partial charge in [0.05, 0.1) is 0 Å². The van der Waals surface area contributed by atoms with E-state index in [2.05, 4.69) is 0 Å². The van der Waals surface area contributed by atoms with Crippen LogP contribution < -0.4 is 0 Å². The predicted molar refractivity (Wildman–Crippen MR) is 83.3 cm³/mol. The summed E-state index contributed by atoms with van der Waals surface area (Å²) in [5, 5.41) is 20.4. The van der Waals surface area contributed by atoms with E-state index in [0.29, 0.717) is 14.6 Å². The topological polar surface area (TPSA) is 80.4 Å². The molecule has 20 heavy (non-hydrogen) atoms. The van der Waals surface area contributed by atoms with Gasteiger partial charge in [0, 0.05) is 0 Å². The number of aromatic hydroxyl groups is 1. The monoisotopic (exact) mass is 381 g/mol. The Labute approximate surface area is 129 Å². The number of carbonyl (C=O) groups is 1. The molecular formula is C13H9BINO4. The van der Waals surface area contributed by atoms with Gasteiger partial charge in [0.2, 0.25) is 0 Å². The van der Waals surface area contributed by atoms with Gasteiger partial charge in [0.1, 0.15) is 0 Å². The van der Waals surface area contributed by atoms with Crippen LogP contribution in [0.25, 0.3) is 0 Å². The molecule has 0 unspecified atom stereocenters. The number of nitrogens with zero attached hydrogens (tertiary/aromatic N) is 1. The van der Waals surface area contributed by atoms with Crippen molar-refractivity contribution in [2.75, 3.05) is 0 Å². The number of carbonyl (C=O) groups excluding carboxylic acids is 1. The Morgan fingerprint density at radius 3 is 2.75 bits per heavy atom. The van der Waals surface area contributed by atoms with Gasteiger partial charge in [-0.3, -0.25) is 0 Å². The Morgan fingerprint density at radius 2 is 2.15 bits per heavy atom. The van der Waals surface area contributed by atoms with Gasteiger partial charge in [-0.2, -0.15) is 0 Å². The fraction of sp³-hybridized carbons (Fsp3) is 0.0769. The molecule has 2 rings (SSSR count). The normalized spacial score (nSPS) is 10.1. The van der Waals surface area contributed by atoms with Crippen LogP contribution in [0.5, 0.6) is 5.75 Å². The van der Waals surface area contributed by atoms with Crippen molar-refractivity contribution in [2.24, 2.45) is 0 Å². The number of ketones is 1. The quantitative estimate of drug-likeness (QED) is 0.382. The molecule has 1 aromatic carbocycles. The Hall–Kier alpha value is -1.77. The van der Waals surface area contributed by atoms with Crippen molar-refractivity contribution >= 4 is 41.0 Å². The van der Waals surface area contributed by atoms with Crippen LogP contribution in [-0.4, -0.2) is 22.7 Å². The van der Waals surface area contributed by atoms with E-state index in [4.69, 9.17) is 0 Å². The van der Waals surface area contributed by atoms with E-state index >= 15 is 0 Å². The molecule has 0 aliphatic carbocycles. The SMILES string of the molecule is O=C(Cc1cc(I)c(O)c([N+](=O)[O-])c1)c1bcccc1. The molecule has 7 heteroatoms. The van der Waals surface area contributed by atoms with Gasteiger partial charge in [0.15, 0.2) is 0 Å². The zero-order valence-corrected chi connectivity index (χ0v) is 12.4. The molecule has 1 aromatic heterocycles. The van der Waals surface area contributed by atoms with Crippen LogP contribution >= 0.6 is 22.6 Å². The molecular weight excluding hydrogens is 372 g/mol. The van der Waals surface area contributed by atoms with Gasteiger partial charge >= 0.3 is 129 Å². The number of nitro groups is 1. The van der Waals surface area contributed by atoms with E-state index in [-0.39, 0.29) is 23.6 Å². The minimum atomic E-state index is -0.659. The van der Waals surface area contributed by atoms with Crippen LogP contribution in [0.4, 0.5) is 5.69 Å². The Kier molecular flexibility index (Phi) is 4.48. The van der Waals surface area contributed by atoms with Crippen LogP contribution in [0.15, 0.2) is 36.3 Å². The molecule has 0 saturated heterocycles. The molecule has 2 aromatic rings. The van der Waals surface area contributed by atoms with Gasteiger partial charge < -0.3 is 0 Å². The first-order valence-corrected chi connectivity index (χ1v) is 6.81. The zero-order valence-electron chi connectivity index (χ0n) is 10.2. The number of hydrogen-bond donors (Lipinski definition) is 1. The molecule has 0 bridgehead atoms. The third-order valence-corrected chi connectivity index (χ3v) is 3.58. The molecule has 0 amide bonds. The summed E-state index contributed by atoms with van der Waals surface area (Å²) >= 11 is 1.80. The van der Waals surface area contributed by atoms with Crippen LogP contribution in [0.3, 0.4) is 0 Å². The number of Topliss-reactive ketones (excluding diaryl/α,β-unsaturated/α-hetero) is 1. The zero-order chi connectivity index (χ0) is 14.7. The first-order valence-electron chi connectivity index (χ1n) is 5.73. The van der Waals surface area contributed by atoms with Crippen molar-refractivity contribution in [3.63, 3.8) is 0 Å². The molecule has 0 fully saturated rings. The van der Waals surface area contributed by atoms with Crippen molar-refractivity contribution in [1.82, 2.24) is 0 Å². The second kappa shape index (κ2) is 6.12. The van der Waals surface area contributed by atoms with E-state index in [1.54, 1.807) is 53.7 Å². The number of hydrogen-bond acceptors (Lipinski definition) is 4. The molecule has 1 heterocycles. The van der Waals surface area contributed by atoms with Crippen molar-refractivity contribution in [3.05, 3.63) is 61.0 Å². The molecule has 100 valence electrons. The molecule has 0 aliphatic rings. The van der Waals surface area contributed by atoms with E-state index in [0.717, 1.165) is 0 Å². The average Bonchev–Trinajstić information content (AvgIpc) is 2.43. The minimum absolute atomic E-state index is 0.0567. The summed E-state index contributed by atoms with van der Waals surface area (Å²) in [6, 6.07) is 8.07. The van der Waals surface area contributed by atoms with Gasteiger partial charge in [-0.15, -0.1) is 0 Å². The Bertz CT molecular complexity index is 676. The number of rotatable bonds is 4. The van der Waals surface area contributed by atoms with E-state index in [1.807, 2.05) is 6.07 Å². The van der Waals surface area contributed by atoms with Gasteiger partial charge in [-0.1, -0.05) is 0 Å². The van der Waals surface area contributed by atoms with E-state index < -0.39 is 4.92 Å². The number of halogens is 1. The number of benzene rings is 1. The van der Waals surface area contributed by atoms with Gasteiger partial charge in [-0.25, -0.2) is 0 Å². The summed E-state index contributed by atoms with van der Waals surface area (Å²) in [7, 11) is 0. The molecule has 5 nitrogen and oxygen atoms in total. The number of nitro benzene ring substituents is 1. The molecule has 0 saturated carbocycles. The third-order valence-electron chi connectivity index (χ3n) is 2.76. The van der Waals surface area contributed by atoms with Crippen molar-refractivity contribution in [1.29, 1.82) is 0 Å². The number of phenols is 1.